The molecule has 0 radical (unpaired) electrons. The molecule has 0 aromatic heterocycles. The molecule has 0 spiro atoms. The number of hydrogen-bond donors (Lipinski definition) is 0. The van der Waals surface area contributed by atoms with Crippen LogP contribution in [0.3, 0.4) is 0 Å². The predicted molar refractivity (Wildman–Crippen MR) is 170 cm³/mol. The first kappa shape index (κ1) is 32.9. The fourth-order valence-electron chi connectivity index (χ4n) is 5.17. The van der Waals surface area contributed by atoms with E-state index < -0.39 is 60.5 Å². The van der Waals surface area contributed by atoms with Gasteiger partial charge in [0.05, 0.1) is 0 Å². The van der Waals surface area contributed by atoms with E-state index in [4.69, 9.17) is 0 Å². The van der Waals surface area contributed by atoms with Crippen LogP contribution in [0, 0.1) is 25.7 Å². The van der Waals surface area contributed by atoms with Gasteiger partial charge in [0, 0.05) is 0 Å². The monoisotopic (exact) mass is 786 g/mol. The summed E-state index contributed by atoms with van der Waals surface area (Å²) in [5.41, 5.74) is 1.86. The second kappa shape index (κ2) is 12.3. The van der Waals surface area contributed by atoms with Crippen LogP contribution in [0.2, 0.25) is 38.5 Å². The van der Waals surface area contributed by atoms with Crippen LogP contribution in [0.25, 0.3) is 0 Å². The number of sulfone groups is 2. The van der Waals surface area contributed by atoms with Crippen molar-refractivity contribution in [1.82, 2.24) is 0 Å². The molecule has 2 atom stereocenters. The quantitative estimate of drug-likeness (QED) is 0.181. The molecule has 0 amide bonds. The maximum absolute atomic E-state index is 14.5. The number of rotatable bonds is 10. The van der Waals surface area contributed by atoms with E-state index in [1.54, 1.807) is 48.5 Å². The minimum atomic E-state index is -4.24. The van der Waals surface area contributed by atoms with Crippen molar-refractivity contribution in [2.24, 2.45) is 11.8 Å². The maximum atomic E-state index is 14.5. The van der Waals surface area contributed by atoms with Gasteiger partial charge in [-0.25, -0.2) is 0 Å². The molecule has 3 rings (SSSR count). The van der Waals surface area contributed by atoms with Crippen LogP contribution in [-0.4, -0.2) is 57.7 Å². The van der Waals surface area contributed by atoms with Gasteiger partial charge in [-0.05, 0) is 0 Å². The fraction of sp³-hybridized carbons (Fsp3) is 0.484. The average Bonchev–Trinajstić information content (AvgIpc) is 3.19. The molecule has 1 aliphatic carbocycles. The van der Waals surface area contributed by atoms with Gasteiger partial charge in [-0.15, -0.1) is 0 Å². The average molecular weight is 784 g/mol. The molecule has 1 fully saturated rings. The van der Waals surface area contributed by atoms with Gasteiger partial charge in [-0.3, -0.25) is 0 Å². The molecular formula is C31H46O4S2Sn2. The minimum absolute atomic E-state index is 0.0589. The summed E-state index contributed by atoms with van der Waals surface area (Å²) in [6.45, 7) is 3.79. The topological polar surface area (TPSA) is 68.3 Å². The summed E-state index contributed by atoms with van der Waals surface area (Å²) in [6, 6.07) is 13.2. The van der Waals surface area contributed by atoms with Crippen molar-refractivity contribution in [3.63, 3.8) is 0 Å². The molecular weight excluding hydrogens is 738 g/mol. The normalized spacial score (nSPS) is 20.7. The first-order valence-corrected chi connectivity index (χ1v) is 38.0. The molecule has 214 valence electrons. The van der Waals surface area contributed by atoms with Crippen molar-refractivity contribution < 1.29 is 16.8 Å². The van der Waals surface area contributed by atoms with Gasteiger partial charge >= 0.3 is 248 Å². The number of aryl methyl sites for hydroxylation is 2. The van der Waals surface area contributed by atoms with E-state index in [1.165, 1.54) is 0 Å². The van der Waals surface area contributed by atoms with Gasteiger partial charge in [0.2, 0.25) is 0 Å². The molecule has 0 bridgehead atoms. The molecule has 1 saturated carbocycles. The molecule has 0 saturated heterocycles. The summed E-state index contributed by atoms with van der Waals surface area (Å²) in [5, 5.41) is 0. The Bertz CT molecular complexity index is 1300. The Morgan fingerprint density at radius 2 is 0.949 bits per heavy atom. The summed E-state index contributed by atoms with van der Waals surface area (Å²) < 4.78 is 58.2. The van der Waals surface area contributed by atoms with Crippen molar-refractivity contribution in [2.75, 3.05) is 0 Å². The van der Waals surface area contributed by atoms with Crippen LogP contribution in [0.1, 0.15) is 24.0 Å². The van der Waals surface area contributed by atoms with Crippen LogP contribution >= 0.6 is 0 Å². The summed E-state index contributed by atoms with van der Waals surface area (Å²) in [4.78, 5) is 14.4. The van der Waals surface area contributed by atoms with Crippen molar-refractivity contribution in [3.8, 4) is 0 Å². The number of benzene rings is 2. The SMILES string of the molecule is Cc1ccc(S(=O)(=O)C2(S(=O)(=O)c3ccc(C)cc3)C[C@@H](/C=C/[CH2][Sn]([CH3])([CH3])[CH3])[C@H](/C=C/[CH2][Sn]([CH3])([CH3])[CH3])C2)cc1. The number of hydrogen-bond acceptors (Lipinski definition) is 4. The Morgan fingerprint density at radius 1 is 0.641 bits per heavy atom. The van der Waals surface area contributed by atoms with Gasteiger partial charge in [-0.2, -0.15) is 0 Å². The van der Waals surface area contributed by atoms with Crippen LogP contribution in [0.4, 0.5) is 0 Å². The van der Waals surface area contributed by atoms with E-state index >= 15 is 0 Å². The standard InChI is InChI=1S/C25H28O4S2.6CH3.2Sn/c1-5-7-21-17-25(18-22(21)8-6-2,30(26,27)23-13-9-19(3)10-14-23)31(28,29)24-15-11-20(4)12-16-24;;;;;;;;/h5-16,21-22H,1-2,17-18H2,3-4H3;6*1H3;;/b7-5+,8-6+;;;;;;;;/t21-,22-;;;;;;;;/m1......../s1. The third-order valence-electron chi connectivity index (χ3n) is 7.51. The van der Waals surface area contributed by atoms with Crippen molar-refractivity contribution in [3.05, 3.63) is 84.0 Å². The Balaban J connectivity index is 2.22. The molecule has 2 aromatic carbocycles. The van der Waals surface area contributed by atoms with Gasteiger partial charge in [-0.1, -0.05) is 0 Å². The van der Waals surface area contributed by atoms with E-state index in [1.807, 2.05) is 13.8 Å². The van der Waals surface area contributed by atoms with E-state index in [0.717, 1.165) is 20.0 Å². The summed E-state index contributed by atoms with van der Waals surface area (Å²) in [5.74, 6) is -0.323. The predicted octanol–water partition coefficient (Wildman–Crippen LogP) is 8.06. The molecule has 0 heterocycles. The Labute approximate surface area is 246 Å². The first-order valence-electron chi connectivity index (χ1n) is 13.8. The van der Waals surface area contributed by atoms with E-state index in [0.29, 0.717) is 0 Å². The first-order chi connectivity index (χ1) is 17.9. The molecule has 1 aliphatic rings. The third kappa shape index (κ3) is 7.83. The van der Waals surface area contributed by atoms with E-state index in [-0.39, 0.29) is 34.5 Å². The van der Waals surface area contributed by atoms with Crippen molar-refractivity contribution in [1.29, 1.82) is 0 Å². The third-order valence-corrected chi connectivity index (χ3v) is 21.6. The second-order valence-corrected chi connectivity index (χ2v) is 50.0. The molecule has 0 unspecified atom stereocenters. The van der Waals surface area contributed by atoms with Gasteiger partial charge in [0.15, 0.2) is 0 Å². The summed E-state index contributed by atoms with van der Waals surface area (Å²) >= 11 is -4.20. The second-order valence-electron chi connectivity index (χ2n) is 13.7. The molecule has 39 heavy (non-hydrogen) atoms. The van der Waals surface area contributed by atoms with Gasteiger partial charge < -0.3 is 0 Å². The van der Waals surface area contributed by atoms with E-state index in [2.05, 4.69) is 53.9 Å². The Kier molecular flexibility index (Phi) is 10.4. The summed E-state index contributed by atoms with van der Waals surface area (Å²) in [7, 11) is -8.47. The van der Waals surface area contributed by atoms with Crippen molar-refractivity contribution >= 4 is 56.4 Å². The van der Waals surface area contributed by atoms with Crippen molar-refractivity contribution in [2.45, 2.75) is 79.1 Å². The molecule has 0 N–H and O–H groups in total. The van der Waals surface area contributed by atoms with Crippen LogP contribution in [0.15, 0.2) is 82.6 Å². The Hall–Kier alpha value is -0.583. The number of allylic oxidation sites excluding steroid dienone is 4. The van der Waals surface area contributed by atoms with Gasteiger partial charge in [0.1, 0.15) is 0 Å². The molecule has 8 heteroatoms. The zero-order valence-electron chi connectivity index (χ0n) is 24.9. The van der Waals surface area contributed by atoms with Crippen LogP contribution in [-0.2, 0) is 19.7 Å². The molecule has 4 nitrogen and oxygen atoms in total. The Morgan fingerprint density at radius 3 is 1.23 bits per heavy atom. The zero-order chi connectivity index (χ0) is 29.3. The zero-order valence-corrected chi connectivity index (χ0v) is 32.2. The van der Waals surface area contributed by atoms with Crippen LogP contribution in [0.5, 0.6) is 0 Å². The fourth-order valence-corrected chi connectivity index (χ4v) is 15.2. The molecule has 0 aliphatic heterocycles. The van der Waals surface area contributed by atoms with Crippen LogP contribution < -0.4 is 0 Å². The van der Waals surface area contributed by atoms with E-state index in [9.17, 15) is 16.8 Å². The van der Waals surface area contributed by atoms with Gasteiger partial charge in [0.25, 0.3) is 0 Å². The molecule has 2 aromatic rings. The summed E-state index contributed by atoms with van der Waals surface area (Å²) in [6.07, 6.45) is 8.80.